The topological polar surface area (TPSA) is 20.3 Å². The third-order valence-electron chi connectivity index (χ3n) is 3.15. The second-order valence-electron chi connectivity index (χ2n) is 4.55. The number of carbonyl (C=O) groups excluding carboxylic acids is 1. The first kappa shape index (κ1) is 10.2. The number of hydrogen-bond acceptors (Lipinski definition) is 2. The van der Waals surface area contributed by atoms with Gasteiger partial charge in [0.25, 0.3) is 0 Å². The van der Waals surface area contributed by atoms with Crippen molar-refractivity contribution in [3.8, 4) is 0 Å². The third kappa shape index (κ3) is 2.04. The number of benzene rings is 1. The van der Waals surface area contributed by atoms with Crippen molar-refractivity contribution >= 4 is 11.5 Å². The monoisotopic (exact) mass is 203 g/mol. The molecular formula is C13H17NO. The number of anilines is 1. The summed E-state index contributed by atoms with van der Waals surface area (Å²) in [4.78, 5) is 13.2. The summed E-state index contributed by atoms with van der Waals surface area (Å²) >= 11 is 0. The molecule has 0 aliphatic heterocycles. The Morgan fingerprint density at radius 3 is 2.27 bits per heavy atom. The maximum Gasteiger partial charge on any atom is 0.133 e. The molecule has 0 saturated heterocycles. The minimum atomic E-state index is 0.287. The molecule has 2 rings (SSSR count). The fraction of sp³-hybridized carbons (Fsp3) is 0.462. The van der Waals surface area contributed by atoms with Crippen molar-refractivity contribution in [2.75, 3.05) is 19.0 Å². The van der Waals surface area contributed by atoms with Crippen LogP contribution < -0.4 is 4.90 Å². The van der Waals surface area contributed by atoms with Crippen LogP contribution in [0.15, 0.2) is 24.3 Å². The summed E-state index contributed by atoms with van der Waals surface area (Å²) in [6, 6.07) is 8.52. The van der Waals surface area contributed by atoms with Gasteiger partial charge in [-0.25, -0.2) is 0 Å². The van der Waals surface area contributed by atoms with E-state index in [1.807, 2.05) is 14.1 Å². The highest BCUT2D eigenvalue weighted by atomic mass is 16.1. The summed E-state index contributed by atoms with van der Waals surface area (Å²) in [6.07, 6.45) is 1.04. The van der Waals surface area contributed by atoms with Crippen molar-refractivity contribution in [2.24, 2.45) is 5.92 Å². The minimum absolute atomic E-state index is 0.287. The lowest BCUT2D eigenvalue weighted by molar-refractivity contribution is -0.118. The number of hydrogen-bond donors (Lipinski definition) is 0. The van der Waals surface area contributed by atoms with Gasteiger partial charge in [0.1, 0.15) is 5.78 Å². The molecular weight excluding hydrogens is 186 g/mol. The lowest BCUT2D eigenvalue weighted by Crippen LogP contribution is -2.08. The lowest BCUT2D eigenvalue weighted by atomic mass is 10.1. The van der Waals surface area contributed by atoms with Gasteiger partial charge >= 0.3 is 0 Å². The molecule has 2 unspecified atom stereocenters. The van der Waals surface area contributed by atoms with Crippen LogP contribution in [0.5, 0.6) is 0 Å². The first-order valence-corrected chi connectivity index (χ1v) is 5.37. The number of nitrogens with zero attached hydrogens (tertiary/aromatic N) is 1. The molecule has 1 aromatic carbocycles. The zero-order valence-corrected chi connectivity index (χ0v) is 9.53. The van der Waals surface area contributed by atoms with E-state index >= 15 is 0 Å². The molecule has 15 heavy (non-hydrogen) atoms. The molecule has 1 aliphatic rings. The Morgan fingerprint density at radius 1 is 1.27 bits per heavy atom. The van der Waals surface area contributed by atoms with Gasteiger partial charge in [-0.05, 0) is 37.0 Å². The quantitative estimate of drug-likeness (QED) is 0.752. The van der Waals surface area contributed by atoms with Crippen LogP contribution in [-0.2, 0) is 4.79 Å². The molecule has 1 saturated carbocycles. The molecule has 2 heteroatoms. The van der Waals surface area contributed by atoms with Gasteiger partial charge < -0.3 is 4.90 Å². The van der Waals surface area contributed by atoms with E-state index in [9.17, 15) is 4.79 Å². The molecule has 1 aromatic rings. The van der Waals surface area contributed by atoms with Crippen molar-refractivity contribution in [3.63, 3.8) is 0 Å². The van der Waals surface area contributed by atoms with E-state index in [0.717, 1.165) is 6.42 Å². The summed E-state index contributed by atoms with van der Waals surface area (Å²) in [6.45, 7) is 1.69. The van der Waals surface area contributed by atoms with E-state index in [1.54, 1.807) is 6.92 Å². The Labute approximate surface area is 90.9 Å². The Kier molecular flexibility index (Phi) is 2.51. The van der Waals surface area contributed by atoms with E-state index in [1.165, 1.54) is 11.3 Å². The predicted octanol–water partition coefficient (Wildman–Crippen LogP) is 2.45. The second kappa shape index (κ2) is 3.69. The average Bonchev–Trinajstić information content (AvgIpc) is 2.97. The fourth-order valence-electron chi connectivity index (χ4n) is 2.03. The van der Waals surface area contributed by atoms with E-state index in [0.29, 0.717) is 11.7 Å². The van der Waals surface area contributed by atoms with E-state index in [2.05, 4.69) is 29.2 Å². The average molecular weight is 203 g/mol. The van der Waals surface area contributed by atoms with Gasteiger partial charge in [-0.1, -0.05) is 12.1 Å². The van der Waals surface area contributed by atoms with Gasteiger partial charge in [-0.2, -0.15) is 0 Å². The van der Waals surface area contributed by atoms with Crippen molar-refractivity contribution in [3.05, 3.63) is 29.8 Å². The zero-order chi connectivity index (χ0) is 11.0. The highest BCUT2D eigenvalue weighted by Gasteiger charge is 2.41. The van der Waals surface area contributed by atoms with Crippen LogP contribution in [0, 0.1) is 5.92 Å². The van der Waals surface area contributed by atoms with Crippen LogP contribution in [0.25, 0.3) is 0 Å². The summed E-state index contributed by atoms with van der Waals surface area (Å²) < 4.78 is 0. The van der Waals surface area contributed by atoms with Gasteiger partial charge in [0.2, 0.25) is 0 Å². The van der Waals surface area contributed by atoms with Crippen LogP contribution in [0.1, 0.15) is 24.8 Å². The number of carbonyl (C=O) groups is 1. The molecule has 2 atom stereocenters. The Hall–Kier alpha value is -1.31. The van der Waals surface area contributed by atoms with Gasteiger partial charge in [-0.15, -0.1) is 0 Å². The molecule has 0 amide bonds. The van der Waals surface area contributed by atoms with Gasteiger partial charge in [0, 0.05) is 25.7 Å². The van der Waals surface area contributed by atoms with Gasteiger partial charge in [0.15, 0.2) is 0 Å². The van der Waals surface area contributed by atoms with Crippen molar-refractivity contribution in [1.29, 1.82) is 0 Å². The minimum Gasteiger partial charge on any atom is -0.378 e. The van der Waals surface area contributed by atoms with Crippen LogP contribution in [0.3, 0.4) is 0 Å². The van der Waals surface area contributed by atoms with Crippen molar-refractivity contribution in [1.82, 2.24) is 0 Å². The molecule has 0 heterocycles. The summed E-state index contributed by atoms with van der Waals surface area (Å²) in [7, 11) is 4.06. The SMILES string of the molecule is CC(=O)C1CC1c1ccc(N(C)C)cc1. The second-order valence-corrected chi connectivity index (χ2v) is 4.55. The molecule has 80 valence electrons. The molecule has 2 nitrogen and oxygen atoms in total. The lowest BCUT2D eigenvalue weighted by Gasteiger charge is -2.12. The molecule has 0 radical (unpaired) electrons. The number of rotatable bonds is 3. The largest absolute Gasteiger partial charge is 0.378 e. The Balaban J connectivity index is 2.09. The molecule has 1 fully saturated rings. The van der Waals surface area contributed by atoms with Crippen molar-refractivity contribution < 1.29 is 4.79 Å². The molecule has 1 aliphatic carbocycles. The van der Waals surface area contributed by atoms with E-state index in [4.69, 9.17) is 0 Å². The van der Waals surface area contributed by atoms with Crippen LogP contribution in [0.4, 0.5) is 5.69 Å². The third-order valence-corrected chi connectivity index (χ3v) is 3.15. The summed E-state index contributed by atoms with van der Waals surface area (Å²) in [5.41, 5.74) is 2.51. The van der Waals surface area contributed by atoms with Gasteiger partial charge in [0.05, 0.1) is 0 Å². The standard InChI is InChI=1S/C13H17NO/c1-9(15)12-8-13(12)10-4-6-11(7-5-10)14(2)3/h4-7,12-13H,8H2,1-3H3. The van der Waals surface area contributed by atoms with E-state index in [-0.39, 0.29) is 5.92 Å². The van der Waals surface area contributed by atoms with Crippen molar-refractivity contribution in [2.45, 2.75) is 19.3 Å². The Bertz CT molecular complexity index is 367. The number of ketones is 1. The zero-order valence-electron chi connectivity index (χ0n) is 9.53. The Morgan fingerprint density at radius 2 is 1.87 bits per heavy atom. The maximum absolute atomic E-state index is 11.2. The normalized spacial score (nSPS) is 23.7. The molecule has 0 spiro atoms. The van der Waals surface area contributed by atoms with E-state index < -0.39 is 0 Å². The first-order valence-electron chi connectivity index (χ1n) is 5.37. The van der Waals surface area contributed by atoms with Crippen LogP contribution in [0.2, 0.25) is 0 Å². The molecule has 0 aromatic heterocycles. The highest BCUT2D eigenvalue weighted by molar-refractivity contribution is 5.82. The summed E-state index contributed by atoms with van der Waals surface area (Å²) in [5, 5.41) is 0. The first-order chi connectivity index (χ1) is 7.09. The molecule has 0 N–H and O–H groups in total. The fourth-order valence-corrected chi connectivity index (χ4v) is 2.03. The molecule has 0 bridgehead atoms. The smallest absolute Gasteiger partial charge is 0.133 e. The van der Waals surface area contributed by atoms with Gasteiger partial charge in [-0.3, -0.25) is 4.79 Å². The summed E-state index contributed by atoms with van der Waals surface area (Å²) in [5.74, 6) is 1.10. The maximum atomic E-state index is 11.2. The van der Waals surface area contributed by atoms with Crippen LogP contribution in [-0.4, -0.2) is 19.9 Å². The number of Topliss-reactive ketones (excluding diaryl/α,β-unsaturated/α-hetero) is 1. The van der Waals surface area contributed by atoms with Crippen LogP contribution >= 0.6 is 0 Å². The highest BCUT2D eigenvalue weighted by Crippen LogP contribution is 2.48. The predicted molar refractivity (Wildman–Crippen MR) is 62.3 cm³/mol.